The standard InChI is InChI=1S/C22H27NO2.C21H27NO2S/c1-23-15-17-14-19(25-18-8-4-2-5-9-18)10-11-20(17)21(16-23)22(24)12-6-3-7-13-22;1-22-13-16-12-17(24-15-18-6-5-11-25-18)7-8-19(16)20(14-22)21(23)9-3-2-4-10-21/h2,4-5,8-11,14,21,24H,3,6-7,12-13,15-16H2,1H3;5-8,11-12,20,23H,2-4,9-10,13-15H2,1H3. The average molecular weight is 695 g/mol. The third-order valence-electron chi connectivity index (χ3n) is 11.5. The summed E-state index contributed by atoms with van der Waals surface area (Å²) in [4.78, 5) is 5.90. The van der Waals surface area contributed by atoms with Crippen LogP contribution in [-0.4, -0.2) is 58.4 Å². The van der Waals surface area contributed by atoms with E-state index in [0.29, 0.717) is 6.61 Å². The van der Waals surface area contributed by atoms with Crippen molar-refractivity contribution in [2.24, 2.45) is 0 Å². The van der Waals surface area contributed by atoms with E-state index in [1.54, 1.807) is 11.3 Å². The summed E-state index contributed by atoms with van der Waals surface area (Å²) in [6.45, 7) is 4.34. The first-order chi connectivity index (χ1) is 24.3. The first-order valence-electron chi connectivity index (χ1n) is 18.7. The second-order valence-corrected chi connectivity index (χ2v) is 16.4. The van der Waals surface area contributed by atoms with E-state index in [0.717, 1.165) is 94.8 Å². The summed E-state index contributed by atoms with van der Waals surface area (Å²) in [7, 11) is 4.30. The lowest BCUT2D eigenvalue weighted by Crippen LogP contribution is -2.46. The summed E-state index contributed by atoms with van der Waals surface area (Å²) < 4.78 is 12.0. The first kappa shape index (κ1) is 35.2. The van der Waals surface area contributed by atoms with E-state index in [1.807, 2.05) is 30.3 Å². The molecule has 0 amide bonds. The van der Waals surface area contributed by atoms with Gasteiger partial charge in [-0.25, -0.2) is 0 Å². The highest BCUT2D eigenvalue weighted by atomic mass is 32.1. The van der Waals surface area contributed by atoms with E-state index >= 15 is 0 Å². The zero-order valence-corrected chi connectivity index (χ0v) is 30.7. The number of fused-ring (bicyclic) bond motifs is 2. The monoisotopic (exact) mass is 694 g/mol. The third kappa shape index (κ3) is 8.13. The van der Waals surface area contributed by atoms with Crippen LogP contribution in [0, 0.1) is 0 Å². The molecule has 3 heterocycles. The number of thiophene rings is 1. The zero-order chi connectivity index (χ0) is 34.6. The Morgan fingerprint density at radius 1 is 0.640 bits per heavy atom. The molecule has 3 aromatic carbocycles. The number of hydrogen-bond acceptors (Lipinski definition) is 7. The van der Waals surface area contributed by atoms with Crippen LogP contribution in [-0.2, 0) is 19.7 Å². The van der Waals surface area contributed by atoms with Gasteiger partial charge in [0, 0.05) is 42.9 Å². The fourth-order valence-electron chi connectivity index (χ4n) is 8.92. The number of rotatable bonds is 7. The molecule has 1 aromatic heterocycles. The van der Waals surface area contributed by atoms with Gasteiger partial charge in [-0.1, -0.05) is 74.9 Å². The Morgan fingerprint density at radius 3 is 1.72 bits per heavy atom. The molecule has 0 bridgehead atoms. The van der Waals surface area contributed by atoms with E-state index in [-0.39, 0.29) is 11.8 Å². The van der Waals surface area contributed by atoms with Crippen LogP contribution in [0.4, 0.5) is 0 Å². The van der Waals surface area contributed by atoms with Crippen LogP contribution in [0.15, 0.2) is 84.2 Å². The number of para-hydroxylation sites is 1. The van der Waals surface area contributed by atoms with Gasteiger partial charge in [0.25, 0.3) is 0 Å². The van der Waals surface area contributed by atoms with Gasteiger partial charge in [0.05, 0.1) is 11.2 Å². The normalized spacial score (nSPS) is 23.1. The fraction of sp³-hybridized carbons (Fsp3) is 0.488. The van der Waals surface area contributed by atoms with E-state index < -0.39 is 11.2 Å². The number of hydrogen-bond donors (Lipinski definition) is 2. The minimum Gasteiger partial charge on any atom is -0.488 e. The maximum Gasteiger partial charge on any atom is 0.127 e. The molecule has 7 heteroatoms. The van der Waals surface area contributed by atoms with E-state index in [2.05, 4.69) is 77.8 Å². The van der Waals surface area contributed by atoms with Crippen molar-refractivity contribution in [1.29, 1.82) is 0 Å². The Labute approximate surface area is 302 Å². The van der Waals surface area contributed by atoms with E-state index in [9.17, 15) is 10.2 Å². The van der Waals surface area contributed by atoms with Crippen molar-refractivity contribution in [3.05, 3.63) is 111 Å². The van der Waals surface area contributed by atoms with Gasteiger partial charge in [0.1, 0.15) is 23.9 Å². The molecule has 50 heavy (non-hydrogen) atoms. The molecule has 6 nitrogen and oxygen atoms in total. The molecule has 4 aliphatic rings. The van der Waals surface area contributed by atoms with Crippen molar-refractivity contribution in [2.45, 2.75) is 107 Å². The highest BCUT2D eigenvalue weighted by molar-refractivity contribution is 7.09. The molecule has 0 radical (unpaired) electrons. The van der Waals surface area contributed by atoms with Crippen molar-refractivity contribution in [1.82, 2.24) is 9.80 Å². The molecular formula is C43H54N2O4S. The molecule has 0 spiro atoms. The Kier molecular flexibility index (Phi) is 11.0. The van der Waals surface area contributed by atoms with E-state index in [4.69, 9.17) is 9.47 Å². The van der Waals surface area contributed by atoms with Crippen molar-refractivity contribution < 1.29 is 19.7 Å². The molecule has 2 N–H and O–H groups in total. The summed E-state index contributed by atoms with van der Waals surface area (Å²) in [5.41, 5.74) is 4.13. The summed E-state index contributed by atoms with van der Waals surface area (Å²) in [5.74, 6) is 3.07. The Bertz CT molecular complexity index is 1680. The lowest BCUT2D eigenvalue weighted by molar-refractivity contribution is -0.0336. The average Bonchev–Trinajstić information content (AvgIpc) is 3.65. The largest absolute Gasteiger partial charge is 0.488 e. The van der Waals surface area contributed by atoms with Crippen molar-refractivity contribution >= 4 is 11.3 Å². The van der Waals surface area contributed by atoms with Crippen molar-refractivity contribution in [2.75, 3.05) is 27.2 Å². The van der Waals surface area contributed by atoms with Gasteiger partial charge in [0.2, 0.25) is 0 Å². The Hall–Kier alpha value is -3.20. The minimum absolute atomic E-state index is 0.201. The Balaban J connectivity index is 0.000000157. The lowest BCUT2D eigenvalue weighted by atomic mass is 9.70. The zero-order valence-electron chi connectivity index (χ0n) is 29.9. The molecule has 0 saturated heterocycles. The first-order valence-corrected chi connectivity index (χ1v) is 19.6. The molecular weight excluding hydrogens is 641 g/mol. The fourth-order valence-corrected chi connectivity index (χ4v) is 9.54. The second-order valence-electron chi connectivity index (χ2n) is 15.3. The molecule has 4 aromatic rings. The molecule has 8 rings (SSSR count). The van der Waals surface area contributed by atoms with Gasteiger partial charge in [-0.3, -0.25) is 0 Å². The molecule has 2 aliphatic carbocycles. The quantitative estimate of drug-likeness (QED) is 0.201. The molecule has 2 fully saturated rings. The van der Waals surface area contributed by atoms with Crippen LogP contribution >= 0.6 is 11.3 Å². The third-order valence-corrected chi connectivity index (χ3v) is 12.4. The number of benzene rings is 3. The SMILES string of the molecule is CN1Cc2cc(OCc3cccs3)ccc2C(C2(O)CCCCC2)C1.CN1Cc2cc(Oc3ccccc3)ccc2C(C2(O)CCCCC2)C1. The van der Waals surface area contributed by atoms with Crippen molar-refractivity contribution in [3.63, 3.8) is 0 Å². The molecule has 2 unspecified atom stereocenters. The van der Waals surface area contributed by atoms with Gasteiger partial charge in [-0.2, -0.15) is 0 Å². The van der Waals surface area contributed by atoms with E-state index in [1.165, 1.54) is 40.0 Å². The van der Waals surface area contributed by atoms with Crippen LogP contribution in [0.2, 0.25) is 0 Å². The predicted molar refractivity (Wildman–Crippen MR) is 202 cm³/mol. The van der Waals surface area contributed by atoms with Crippen LogP contribution < -0.4 is 9.47 Å². The van der Waals surface area contributed by atoms with Crippen LogP contribution in [0.3, 0.4) is 0 Å². The molecule has 266 valence electrons. The number of aliphatic hydroxyl groups is 2. The number of ether oxygens (including phenoxy) is 2. The highest BCUT2D eigenvalue weighted by Gasteiger charge is 2.43. The van der Waals surface area contributed by atoms with Gasteiger partial charge < -0.3 is 29.5 Å². The van der Waals surface area contributed by atoms with Crippen molar-refractivity contribution in [3.8, 4) is 17.2 Å². The maximum absolute atomic E-state index is 11.3. The van der Waals surface area contributed by atoms with Gasteiger partial charge in [0.15, 0.2) is 0 Å². The highest BCUT2D eigenvalue weighted by Crippen LogP contribution is 2.45. The molecule has 2 saturated carbocycles. The number of nitrogens with zero attached hydrogens (tertiary/aromatic N) is 2. The number of likely N-dealkylation sites (N-methyl/N-ethyl adjacent to an activating group) is 2. The smallest absolute Gasteiger partial charge is 0.127 e. The topological polar surface area (TPSA) is 65.4 Å². The van der Waals surface area contributed by atoms with Gasteiger partial charge in [-0.05, 0) is 110 Å². The summed E-state index contributed by atoms with van der Waals surface area (Å²) in [6, 6.07) is 26.9. The maximum atomic E-state index is 11.3. The van der Waals surface area contributed by atoms with Gasteiger partial charge in [-0.15, -0.1) is 11.3 Å². The van der Waals surface area contributed by atoms with Crippen LogP contribution in [0.1, 0.15) is 103 Å². The lowest BCUT2D eigenvalue weighted by Gasteiger charge is -2.44. The van der Waals surface area contributed by atoms with Crippen LogP contribution in [0.5, 0.6) is 17.2 Å². The summed E-state index contributed by atoms with van der Waals surface area (Å²) >= 11 is 1.72. The van der Waals surface area contributed by atoms with Crippen LogP contribution in [0.25, 0.3) is 0 Å². The molecule has 2 atom stereocenters. The molecule has 2 aliphatic heterocycles. The van der Waals surface area contributed by atoms with Gasteiger partial charge >= 0.3 is 0 Å². The second kappa shape index (κ2) is 15.6. The summed E-state index contributed by atoms with van der Waals surface area (Å²) in [5, 5.41) is 24.7. The Morgan fingerprint density at radius 2 is 1.18 bits per heavy atom. The predicted octanol–water partition coefficient (Wildman–Crippen LogP) is 9.25. The minimum atomic E-state index is -0.552. The summed E-state index contributed by atoms with van der Waals surface area (Å²) in [6.07, 6.45) is 10.8.